The number of nitrogens with one attached hydrogen (secondary N) is 1. The SMILES string of the molecule is CSc1ccc(-c2nc(N3CCC(C)C(N)C3)n[nH]2)cc1. The quantitative estimate of drug-likeness (QED) is 0.852. The summed E-state index contributed by atoms with van der Waals surface area (Å²) in [6, 6.07) is 8.53. The largest absolute Gasteiger partial charge is 0.338 e. The monoisotopic (exact) mass is 303 g/mol. The van der Waals surface area contributed by atoms with Gasteiger partial charge in [-0.15, -0.1) is 16.9 Å². The van der Waals surface area contributed by atoms with E-state index in [-0.39, 0.29) is 6.04 Å². The summed E-state index contributed by atoms with van der Waals surface area (Å²) in [4.78, 5) is 8.03. The van der Waals surface area contributed by atoms with Gasteiger partial charge in [-0.05, 0) is 30.7 Å². The highest BCUT2D eigenvalue weighted by Crippen LogP contribution is 2.24. The standard InChI is InChI=1S/C15H21N5S/c1-10-7-8-20(9-13(10)16)15-17-14(18-19-15)11-3-5-12(21-2)6-4-11/h3-6,10,13H,7-9,16H2,1-2H3,(H,17,18,19). The first-order valence-corrected chi connectivity index (χ1v) is 8.47. The zero-order valence-corrected chi connectivity index (χ0v) is 13.2. The van der Waals surface area contributed by atoms with E-state index in [9.17, 15) is 0 Å². The van der Waals surface area contributed by atoms with Crippen molar-refractivity contribution >= 4 is 17.7 Å². The minimum absolute atomic E-state index is 0.196. The molecule has 2 heterocycles. The van der Waals surface area contributed by atoms with Crippen LogP contribution in [0.15, 0.2) is 29.2 Å². The molecule has 5 nitrogen and oxygen atoms in total. The summed E-state index contributed by atoms with van der Waals surface area (Å²) in [6.45, 7) is 4.00. The van der Waals surface area contributed by atoms with Crippen LogP contribution in [0.5, 0.6) is 0 Å². The Morgan fingerprint density at radius 2 is 2.10 bits per heavy atom. The van der Waals surface area contributed by atoms with Crippen molar-refractivity contribution < 1.29 is 0 Å². The van der Waals surface area contributed by atoms with Gasteiger partial charge in [0.15, 0.2) is 5.82 Å². The molecule has 2 unspecified atom stereocenters. The van der Waals surface area contributed by atoms with E-state index in [4.69, 9.17) is 5.73 Å². The van der Waals surface area contributed by atoms with Gasteiger partial charge in [0.1, 0.15) is 0 Å². The Hall–Kier alpha value is -1.53. The van der Waals surface area contributed by atoms with Gasteiger partial charge in [-0.2, -0.15) is 4.98 Å². The number of aromatic amines is 1. The molecule has 2 atom stereocenters. The number of nitrogens with zero attached hydrogens (tertiary/aromatic N) is 3. The van der Waals surface area contributed by atoms with Crippen molar-refractivity contribution in [3.63, 3.8) is 0 Å². The average molecular weight is 303 g/mol. The van der Waals surface area contributed by atoms with Gasteiger partial charge >= 0.3 is 0 Å². The molecule has 1 aromatic carbocycles. The molecule has 2 aromatic rings. The summed E-state index contributed by atoms with van der Waals surface area (Å²) >= 11 is 1.73. The van der Waals surface area contributed by atoms with Crippen LogP contribution in [-0.2, 0) is 0 Å². The molecule has 1 aliphatic heterocycles. The Morgan fingerprint density at radius 3 is 2.76 bits per heavy atom. The van der Waals surface area contributed by atoms with E-state index in [1.807, 2.05) is 0 Å². The first kappa shape index (κ1) is 14.4. The summed E-state index contributed by atoms with van der Waals surface area (Å²) in [5, 5.41) is 7.38. The Balaban J connectivity index is 1.76. The number of nitrogens with two attached hydrogens (primary N) is 1. The molecule has 0 saturated carbocycles. The van der Waals surface area contributed by atoms with Crippen LogP contribution in [-0.4, -0.2) is 40.6 Å². The minimum atomic E-state index is 0.196. The highest BCUT2D eigenvalue weighted by Gasteiger charge is 2.25. The van der Waals surface area contributed by atoms with Crippen LogP contribution < -0.4 is 10.6 Å². The summed E-state index contributed by atoms with van der Waals surface area (Å²) in [7, 11) is 0. The topological polar surface area (TPSA) is 70.8 Å². The lowest BCUT2D eigenvalue weighted by molar-refractivity contribution is 0.376. The van der Waals surface area contributed by atoms with Crippen molar-refractivity contribution in [2.24, 2.45) is 11.7 Å². The maximum absolute atomic E-state index is 6.15. The molecule has 21 heavy (non-hydrogen) atoms. The first-order chi connectivity index (χ1) is 10.2. The van der Waals surface area contributed by atoms with Crippen LogP contribution in [0.4, 0.5) is 5.95 Å². The van der Waals surface area contributed by atoms with Gasteiger partial charge in [0, 0.05) is 29.6 Å². The molecular formula is C15H21N5S. The van der Waals surface area contributed by atoms with Crippen LogP contribution in [0.3, 0.4) is 0 Å². The fourth-order valence-electron chi connectivity index (χ4n) is 2.55. The number of H-pyrrole nitrogens is 1. The lowest BCUT2D eigenvalue weighted by atomic mass is 9.95. The number of rotatable bonds is 3. The normalized spacial score (nSPS) is 22.5. The van der Waals surface area contributed by atoms with Crippen molar-refractivity contribution in [1.29, 1.82) is 0 Å². The fourth-order valence-corrected chi connectivity index (χ4v) is 2.96. The van der Waals surface area contributed by atoms with Gasteiger partial charge in [-0.3, -0.25) is 5.10 Å². The molecule has 0 spiro atoms. The van der Waals surface area contributed by atoms with Gasteiger partial charge in [-0.1, -0.05) is 19.1 Å². The molecular weight excluding hydrogens is 282 g/mol. The summed E-state index contributed by atoms with van der Waals surface area (Å²) < 4.78 is 0. The molecule has 112 valence electrons. The summed E-state index contributed by atoms with van der Waals surface area (Å²) in [5.41, 5.74) is 7.20. The van der Waals surface area contributed by atoms with E-state index in [0.29, 0.717) is 5.92 Å². The van der Waals surface area contributed by atoms with Crippen LogP contribution >= 0.6 is 11.8 Å². The molecule has 0 aliphatic carbocycles. The second-order valence-corrected chi connectivity index (χ2v) is 6.47. The van der Waals surface area contributed by atoms with Gasteiger partial charge < -0.3 is 10.6 Å². The third kappa shape index (κ3) is 3.06. The third-order valence-corrected chi connectivity index (χ3v) is 4.88. The van der Waals surface area contributed by atoms with Gasteiger partial charge in [0.25, 0.3) is 0 Å². The highest BCUT2D eigenvalue weighted by molar-refractivity contribution is 7.98. The predicted octanol–water partition coefficient (Wildman–Crippen LogP) is 2.37. The number of benzene rings is 1. The molecule has 1 fully saturated rings. The number of hydrogen-bond donors (Lipinski definition) is 2. The van der Waals surface area contributed by atoms with E-state index in [2.05, 4.69) is 57.5 Å². The summed E-state index contributed by atoms with van der Waals surface area (Å²) in [6.07, 6.45) is 3.16. The van der Waals surface area contributed by atoms with Crippen LogP contribution in [0.25, 0.3) is 11.4 Å². The van der Waals surface area contributed by atoms with Crippen molar-refractivity contribution in [2.75, 3.05) is 24.2 Å². The van der Waals surface area contributed by atoms with Gasteiger partial charge in [0.2, 0.25) is 5.95 Å². The van der Waals surface area contributed by atoms with Crippen LogP contribution in [0, 0.1) is 5.92 Å². The zero-order valence-electron chi connectivity index (χ0n) is 12.4. The predicted molar refractivity (Wildman–Crippen MR) is 87.6 cm³/mol. The average Bonchev–Trinajstić information content (AvgIpc) is 3.00. The molecule has 0 amide bonds. The van der Waals surface area contributed by atoms with Crippen molar-refractivity contribution in [3.8, 4) is 11.4 Å². The Labute approximate surface area is 129 Å². The number of anilines is 1. The van der Waals surface area contributed by atoms with Crippen LogP contribution in [0.2, 0.25) is 0 Å². The Kier molecular flexibility index (Phi) is 4.17. The van der Waals surface area contributed by atoms with Crippen molar-refractivity contribution in [1.82, 2.24) is 15.2 Å². The molecule has 3 rings (SSSR count). The maximum Gasteiger partial charge on any atom is 0.245 e. The van der Waals surface area contributed by atoms with Crippen LogP contribution in [0.1, 0.15) is 13.3 Å². The van der Waals surface area contributed by atoms with Gasteiger partial charge in [-0.25, -0.2) is 0 Å². The molecule has 0 bridgehead atoms. The molecule has 1 saturated heterocycles. The number of thioether (sulfide) groups is 1. The fraction of sp³-hybridized carbons (Fsp3) is 0.467. The van der Waals surface area contributed by atoms with Crippen molar-refractivity contribution in [2.45, 2.75) is 24.3 Å². The Bertz CT molecular complexity index is 594. The molecule has 1 aliphatic rings. The number of aromatic nitrogens is 3. The third-order valence-electron chi connectivity index (χ3n) is 4.14. The smallest absolute Gasteiger partial charge is 0.245 e. The molecule has 3 N–H and O–H groups in total. The van der Waals surface area contributed by atoms with E-state index < -0.39 is 0 Å². The number of piperidine rings is 1. The Morgan fingerprint density at radius 1 is 1.33 bits per heavy atom. The molecule has 6 heteroatoms. The van der Waals surface area contributed by atoms with E-state index in [1.54, 1.807) is 11.8 Å². The lowest BCUT2D eigenvalue weighted by Gasteiger charge is -2.34. The lowest BCUT2D eigenvalue weighted by Crippen LogP contribution is -2.48. The summed E-state index contributed by atoms with van der Waals surface area (Å²) in [5.74, 6) is 2.13. The second-order valence-electron chi connectivity index (χ2n) is 5.59. The maximum atomic E-state index is 6.15. The van der Waals surface area contributed by atoms with Crippen molar-refractivity contribution in [3.05, 3.63) is 24.3 Å². The van der Waals surface area contributed by atoms with E-state index >= 15 is 0 Å². The zero-order chi connectivity index (χ0) is 14.8. The molecule has 0 radical (unpaired) electrons. The minimum Gasteiger partial charge on any atom is -0.338 e. The number of hydrogen-bond acceptors (Lipinski definition) is 5. The molecule has 1 aromatic heterocycles. The van der Waals surface area contributed by atoms with Gasteiger partial charge in [0.05, 0.1) is 0 Å². The first-order valence-electron chi connectivity index (χ1n) is 7.24. The van der Waals surface area contributed by atoms with E-state index in [1.165, 1.54) is 4.90 Å². The highest BCUT2D eigenvalue weighted by atomic mass is 32.2. The van der Waals surface area contributed by atoms with E-state index in [0.717, 1.165) is 36.8 Å². The second kappa shape index (κ2) is 6.07.